The molecule has 0 aliphatic carbocycles. The zero-order chi connectivity index (χ0) is 9.30. The van der Waals surface area contributed by atoms with Crippen LogP contribution in [0.15, 0.2) is 0 Å². The van der Waals surface area contributed by atoms with Crippen LogP contribution in [0, 0.1) is 25.1 Å². The van der Waals surface area contributed by atoms with E-state index in [9.17, 15) is 0 Å². The molecular weight excluding hydrogens is 163 g/mol. The average molecular weight is 178 g/mol. The van der Waals surface area contributed by atoms with E-state index >= 15 is 0 Å². The first-order chi connectivity index (χ1) is 5.63. The molecule has 1 rings (SSSR count). The molecule has 12 heavy (non-hydrogen) atoms. The Balaban J connectivity index is 3.42. The summed E-state index contributed by atoms with van der Waals surface area (Å²) in [6.07, 6.45) is 1.09. The van der Waals surface area contributed by atoms with E-state index in [-0.39, 0.29) is 15.2 Å². The Morgan fingerprint density at radius 3 is 2.08 bits per heavy atom. The zero-order valence-electron chi connectivity index (χ0n) is 8.23. The first-order valence-corrected chi connectivity index (χ1v) is 5.40. The molecule has 1 heterocycles. The van der Waals surface area contributed by atoms with Gasteiger partial charge in [-0.05, 0) is 0 Å². The maximum atomic E-state index is 7.46. The summed E-state index contributed by atoms with van der Waals surface area (Å²) in [6.45, 7) is 8.58. The maximum absolute atomic E-state index is 7.46. The number of hydrogen-bond donors (Lipinski definition) is 1. The van der Waals surface area contributed by atoms with Crippen molar-refractivity contribution in [3.8, 4) is 0 Å². The summed E-state index contributed by atoms with van der Waals surface area (Å²) in [6, 6.07) is 0. The van der Waals surface area contributed by atoms with Gasteiger partial charge in [0.25, 0.3) is 0 Å². The van der Waals surface area contributed by atoms with E-state index in [1.54, 1.807) is 0 Å². The van der Waals surface area contributed by atoms with Crippen molar-refractivity contribution < 1.29 is 0 Å². The first-order valence-electron chi connectivity index (χ1n) is 4.30. The van der Waals surface area contributed by atoms with Gasteiger partial charge in [-0.1, -0.05) is 0 Å². The Morgan fingerprint density at radius 2 is 1.83 bits per heavy atom. The Kier molecular flexibility index (Phi) is 2.87. The Labute approximate surface area is 80.1 Å². The summed E-state index contributed by atoms with van der Waals surface area (Å²) in [5, 5.41) is 0. The fraction of sp³-hybridized carbons (Fsp3) is 0.556. The summed E-state index contributed by atoms with van der Waals surface area (Å²) >= 11 is -0.348. The molecule has 0 saturated carbocycles. The van der Waals surface area contributed by atoms with Gasteiger partial charge in [0, 0.05) is 0 Å². The fourth-order valence-electron chi connectivity index (χ4n) is 1.78. The number of rotatable bonds is 2. The van der Waals surface area contributed by atoms with Crippen LogP contribution in [0.5, 0.6) is 0 Å². The molecule has 0 bridgehead atoms. The summed E-state index contributed by atoms with van der Waals surface area (Å²) < 4.78 is 9.60. The minimum absolute atomic E-state index is 0.348. The third kappa shape index (κ3) is 1.28. The van der Waals surface area contributed by atoms with E-state index in [0.29, 0.717) is 0 Å². The molecule has 0 aromatic carbocycles. The van der Waals surface area contributed by atoms with Crippen LogP contribution in [0.4, 0.5) is 0 Å². The molecule has 0 unspecified atom stereocenters. The van der Waals surface area contributed by atoms with Crippen molar-refractivity contribution >= 4 is 15.2 Å². The topological polar surface area (TPSA) is 28.8 Å². The molecule has 0 spiro atoms. The van der Waals surface area contributed by atoms with Crippen LogP contribution in [0.25, 0.3) is 0 Å². The average Bonchev–Trinajstić information content (AvgIpc) is 2.25. The van der Waals surface area contributed by atoms with Crippen LogP contribution in [0.2, 0.25) is 0 Å². The van der Waals surface area contributed by atoms with Crippen LogP contribution in [0.1, 0.15) is 29.4 Å². The Morgan fingerprint density at radius 1 is 1.25 bits per heavy atom. The van der Waals surface area contributed by atoms with E-state index in [1.165, 1.54) is 22.5 Å². The van der Waals surface area contributed by atoms with Gasteiger partial charge in [0.05, 0.1) is 0 Å². The molecule has 0 fully saturated rings. The molecule has 0 aliphatic heterocycles. The van der Waals surface area contributed by atoms with Crippen molar-refractivity contribution in [2.24, 2.45) is 0 Å². The van der Waals surface area contributed by atoms with Gasteiger partial charge in [-0.3, -0.25) is 0 Å². The summed E-state index contributed by atoms with van der Waals surface area (Å²) in [4.78, 5) is 0. The van der Waals surface area contributed by atoms with E-state index in [0.717, 1.165) is 6.42 Å². The molecule has 0 aliphatic rings. The third-order valence-corrected chi connectivity index (χ3v) is 3.67. The molecular formula is C9H15AlN2. The number of hydrogen-bond acceptors (Lipinski definition) is 1. The third-order valence-electron chi connectivity index (χ3n) is 2.64. The summed E-state index contributed by atoms with van der Waals surface area (Å²) in [7, 11) is 0. The van der Waals surface area contributed by atoms with E-state index < -0.39 is 0 Å². The second-order valence-corrected chi connectivity index (χ2v) is 3.90. The SMILES string of the molecule is CCc1c(C)c(C)[n]([Al]=[NH])c1C. The summed E-state index contributed by atoms with van der Waals surface area (Å²) in [5.41, 5.74) is 5.41. The van der Waals surface area contributed by atoms with Gasteiger partial charge in [0.15, 0.2) is 0 Å². The molecule has 3 heteroatoms. The molecule has 1 aromatic rings. The van der Waals surface area contributed by atoms with Crippen LogP contribution >= 0.6 is 0 Å². The second kappa shape index (κ2) is 3.55. The molecule has 0 saturated heterocycles. The second-order valence-electron chi connectivity index (χ2n) is 3.13. The van der Waals surface area contributed by atoms with Crippen molar-refractivity contribution in [1.82, 2.24) is 3.55 Å². The molecule has 1 aromatic heterocycles. The number of aromatic nitrogens is 1. The molecule has 2 nitrogen and oxygen atoms in total. The first kappa shape index (κ1) is 9.70. The van der Waals surface area contributed by atoms with Gasteiger partial charge < -0.3 is 0 Å². The molecule has 1 N–H and O–H groups in total. The van der Waals surface area contributed by atoms with Gasteiger partial charge in [-0.25, -0.2) is 0 Å². The molecule has 0 atom stereocenters. The zero-order valence-corrected chi connectivity index (χ0v) is 9.39. The number of nitrogens with zero attached hydrogens (tertiary/aromatic N) is 1. The van der Waals surface area contributed by atoms with E-state index in [1.807, 2.05) is 0 Å². The van der Waals surface area contributed by atoms with Gasteiger partial charge in [-0.15, -0.1) is 0 Å². The number of nitrogens with one attached hydrogen (secondary N) is 1. The molecule has 0 radical (unpaired) electrons. The van der Waals surface area contributed by atoms with Gasteiger partial charge in [0.1, 0.15) is 0 Å². The monoisotopic (exact) mass is 178 g/mol. The molecule has 64 valence electrons. The van der Waals surface area contributed by atoms with Gasteiger partial charge in [-0.2, -0.15) is 0 Å². The van der Waals surface area contributed by atoms with E-state index in [2.05, 4.69) is 31.2 Å². The van der Waals surface area contributed by atoms with Crippen molar-refractivity contribution in [2.75, 3.05) is 0 Å². The Bertz CT molecular complexity index is 313. The normalized spacial score (nSPS) is 10.0. The minimum atomic E-state index is -0.348. The van der Waals surface area contributed by atoms with Gasteiger partial charge >= 0.3 is 79.8 Å². The van der Waals surface area contributed by atoms with Gasteiger partial charge in [0.2, 0.25) is 0 Å². The van der Waals surface area contributed by atoms with Crippen molar-refractivity contribution in [2.45, 2.75) is 34.1 Å². The van der Waals surface area contributed by atoms with Crippen LogP contribution < -0.4 is 0 Å². The fourth-order valence-corrected chi connectivity index (χ4v) is 2.52. The predicted octanol–water partition coefficient (Wildman–Crippen LogP) is 2.21. The van der Waals surface area contributed by atoms with Crippen molar-refractivity contribution in [1.29, 1.82) is 4.35 Å². The molecule has 0 amide bonds. The quantitative estimate of drug-likeness (QED) is 0.673. The standard InChI is InChI=1S/C9H14N.Al.HN/c1-5-9-6(2)7(3)10-8(9)4;;/h5H2,1-4H3;;1H/q-1;+1;. The van der Waals surface area contributed by atoms with Crippen LogP contribution in [0.3, 0.4) is 0 Å². The predicted molar refractivity (Wildman–Crippen MR) is 51.9 cm³/mol. The van der Waals surface area contributed by atoms with Crippen LogP contribution in [-0.4, -0.2) is 18.8 Å². The van der Waals surface area contributed by atoms with Crippen molar-refractivity contribution in [3.05, 3.63) is 22.5 Å². The van der Waals surface area contributed by atoms with Crippen LogP contribution in [-0.2, 0) is 6.42 Å². The summed E-state index contributed by atoms with van der Waals surface area (Å²) in [5.74, 6) is 0. The van der Waals surface area contributed by atoms with E-state index in [4.69, 9.17) is 4.35 Å². The van der Waals surface area contributed by atoms with Crippen molar-refractivity contribution in [3.63, 3.8) is 0 Å². The Hall–Kier alpha value is -0.388.